The fourth-order valence-corrected chi connectivity index (χ4v) is 2.48. The second-order valence-electron chi connectivity index (χ2n) is 5.86. The molecule has 0 saturated heterocycles. The molecule has 0 radical (unpaired) electrons. The average Bonchev–Trinajstić information content (AvgIpc) is 2.53. The van der Waals surface area contributed by atoms with Gasteiger partial charge in [-0.2, -0.15) is 4.98 Å². The van der Waals surface area contributed by atoms with E-state index in [1.165, 1.54) is 11.0 Å². The molecule has 0 N–H and O–H groups in total. The maximum Gasteiger partial charge on any atom is 0.420 e. The van der Waals surface area contributed by atoms with Gasteiger partial charge in [-0.3, -0.25) is 0 Å². The van der Waals surface area contributed by atoms with Gasteiger partial charge in [0.15, 0.2) is 0 Å². The van der Waals surface area contributed by atoms with E-state index in [0.717, 1.165) is 0 Å². The highest BCUT2D eigenvalue weighted by atomic mass is 35.5. The van der Waals surface area contributed by atoms with Gasteiger partial charge in [-0.25, -0.2) is 14.7 Å². The summed E-state index contributed by atoms with van der Waals surface area (Å²) >= 11 is 11.8. The zero-order valence-electron chi connectivity index (χ0n) is 14.2. The molecule has 1 aromatic carbocycles. The Kier molecular flexibility index (Phi) is 6.58. The SMILES string of the molecule is COCCC(C)(C)OC(=O)N(c1ccccc1)c1cc(Cl)nc(Cl)n1. The predicted octanol–water partition coefficient (Wildman–Crippen LogP) is 4.87. The van der Waals surface area contributed by atoms with Crippen molar-refractivity contribution in [1.82, 2.24) is 9.97 Å². The Hall–Kier alpha value is -1.89. The van der Waals surface area contributed by atoms with E-state index in [1.54, 1.807) is 31.4 Å². The van der Waals surface area contributed by atoms with Gasteiger partial charge >= 0.3 is 6.09 Å². The van der Waals surface area contributed by atoms with Crippen molar-refractivity contribution >= 4 is 40.8 Å². The quantitative estimate of drug-likeness (QED) is 0.525. The molecule has 1 aromatic heterocycles. The van der Waals surface area contributed by atoms with Gasteiger partial charge in [0, 0.05) is 26.2 Å². The monoisotopic (exact) mass is 383 g/mol. The van der Waals surface area contributed by atoms with E-state index in [4.69, 9.17) is 32.7 Å². The van der Waals surface area contributed by atoms with Crippen LogP contribution in [-0.2, 0) is 9.47 Å². The van der Waals surface area contributed by atoms with E-state index in [-0.39, 0.29) is 16.3 Å². The van der Waals surface area contributed by atoms with E-state index in [2.05, 4.69) is 9.97 Å². The van der Waals surface area contributed by atoms with Crippen LogP contribution in [-0.4, -0.2) is 35.4 Å². The van der Waals surface area contributed by atoms with Crippen LogP contribution in [0.25, 0.3) is 0 Å². The number of hydrogen-bond donors (Lipinski definition) is 0. The molecule has 2 rings (SSSR count). The topological polar surface area (TPSA) is 64.6 Å². The molecule has 2 aromatic rings. The highest BCUT2D eigenvalue weighted by Crippen LogP contribution is 2.29. The van der Waals surface area contributed by atoms with Crippen molar-refractivity contribution < 1.29 is 14.3 Å². The summed E-state index contributed by atoms with van der Waals surface area (Å²) in [6.45, 7) is 4.09. The van der Waals surface area contributed by atoms with Crippen molar-refractivity contribution in [1.29, 1.82) is 0 Å². The van der Waals surface area contributed by atoms with Crippen molar-refractivity contribution in [3.05, 3.63) is 46.8 Å². The van der Waals surface area contributed by atoms with Crippen molar-refractivity contribution in [3.8, 4) is 0 Å². The van der Waals surface area contributed by atoms with Crippen molar-refractivity contribution in [3.63, 3.8) is 0 Å². The van der Waals surface area contributed by atoms with E-state index in [0.29, 0.717) is 18.7 Å². The van der Waals surface area contributed by atoms with Crippen LogP contribution in [0.3, 0.4) is 0 Å². The minimum absolute atomic E-state index is 0.0603. The average molecular weight is 384 g/mol. The van der Waals surface area contributed by atoms with Gasteiger partial charge < -0.3 is 9.47 Å². The number of halogens is 2. The van der Waals surface area contributed by atoms with Crippen LogP contribution in [0, 0.1) is 0 Å². The fraction of sp³-hybridized carbons (Fsp3) is 0.353. The molecule has 1 heterocycles. The Morgan fingerprint density at radius 2 is 1.88 bits per heavy atom. The normalized spacial score (nSPS) is 11.2. The molecule has 0 saturated carbocycles. The highest BCUT2D eigenvalue weighted by molar-refractivity contribution is 6.32. The Bertz CT molecular complexity index is 706. The third-order valence-electron chi connectivity index (χ3n) is 3.35. The molecular weight excluding hydrogens is 365 g/mol. The van der Waals surface area contributed by atoms with Gasteiger partial charge in [-0.15, -0.1) is 0 Å². The molecule has 0 atom stereocenters. The minimum atomic E-state index is -0.721. The molecule has 6 nitrogen and oxygen atoms in total. The van der Waals surface area contributed by atoms with Crippen LogP contribution in [0.15, 0.2) is 36.4 Å². The first-order valence-electron chi connectivity index (χ1n) is 7.59. The number of carbonyl (C=O) groups excluding carboxylic acids is 1. The lowest BCUT2D eigenvalue weighted by atomic mass is 10.1. The molecule has 0 bridgehead atoms. The molecule has 0 fully saturated rings. The van der Waals surface area contributed by atoms with Crippen molar-refractivity contribution in [2.24, 2.45) is 0 Å². The van der Waals surface area contributed by atoms with Crippen LogP contribution in [0.5, 0.6) is 0 Å². The number of amides is 1. The number of carbonyl (C=O) groups is 1. The molecule has 0 aliphatic carbocycles. The molecule has 0 aliphatic heterocycles. The summed E-state index contributed by atoms with van der Waals surface area (Å²) in [5.74, 6) is 0.226. The zero-order chi connectivity index (χ0) is 18.4. The molecule has 1 amide bonds. The fourth-order valence-electron chi connectivity index (χ4n) is 2.08. The van der Waals surface area contributed by atoms with Gasteiger partial charge in [-0.05, 0) is 37.6 Å². The first-order valence-corrected chi connectivity index (χ1v) is 8.35. The third-order valence-corrected chi connectivity index (χ3v) is 3.71. The largest absolute Gasteiger partial charge is 0.443 e. The second-order valence-corrected chi connectivity index (χ2v) is 6.58. The highest BCUT2D eigenvalue weighted by Gasteiger charge is 2.29. The van der Waals surface area contributed by atoms with Crippen LogP contribution in [0.1, 0.15) is 20.3 Å². The molecule has 8 heteroatoms. The molecule has 0 unspecified atom stereocenters. The van der Waals surface area contributed by atoms with Gasteiger partial charge in [0.25, 0.3) is 0 Å². The minimum Gasteiger partial charge on any atom is -0.443 e. The zero-order valence-corrected chi connectivity index (χ0v) is 15.7. The van der Waals surface area contributed by atoms with Crippen LogP contribution in [0.2, 0.25) is 10.4 Å². The summed E-state index contributed by atoms with van der Waals surface area (Å²) in [6.07, 6.45) is -0.0542. The lowest BCUT2D eigenvalue weighted by Crippen LogP contribution is -2.36. The maximum absolute atomic E-state index is 12.9. The van der Waals surface area contributed by atoms with Crippen LogP contribution < -0.4 is 4.90 Å². The lowest BCUT2D eigenvalue weighted by Gasteiger charge is -2.29. The summed E-state index contributed by atoms with van der Waals surface area (Å²) in [5, 5.41) is 0.0669. The second kappa shape index (κ2) is 8.47. The Balaban J connectivity index is 2.37. The van der Waals surface area contributed by atoms with Crippen LogP contribution >= 0.6 is 23.2 Å². The van der Waals surface area contributed by atoms with Crippen LogP contribution in [0.4, 0.5) is 16.3 Å². The first kappa shape index (κ1) is 19.4. The molecule has 134 valence electrons. The lowest BCUT2D eigenvalue weighted by molar-refractivity contribution is 0.0199. The number of ether oxygens (including phenoxy) is 2. The summed E-state index contributed by atoms with van der Waals surface area (Å²) < 4.78 is 10.7. The Morgan fingerprint density at radius 3 is 2.48 bits per heavy atom. The number of hydrogen-bond acceptors (Lipinski definition) is 5. The number of methoxy groups -OCH3 is 1. The maximum atomic E-state index is 12.9. The van der Waals surface area contributed by atoms with E-state index >= 15 is 0 Å². The van der Waals surface area contributed by atoms with E-state index < -0.39 is 11.7 Å². The number of rotatable bonds is 6. The molecule has 0 aliphatic rings. The summed E-state index contributed by atoms with van der Waals surface area (Å²) in [5.41, 5.74) is -0.151. The smallest absolute Gasteiger partial charge is 0.420 e. The van der Waals surface area contributed by atoms with E-state index in [1.807, 2.05) is 19.9 Å². The standard InChI is InChI=1S/C17H19Cl2N3O3/c1-17(2,9-10-24-3)25-16(23)22(12-7-5-4-6-8-12)14-11-13(18)20-15(19)21-14/h4-8,11H,9-10H2,1-3H3. The van der Waals surface area contributed by atoms with Gasteiger partial charge in [0.2, 0.25) is 5.28 Å². The van der Waals surface area contributed by atoms with Crippen molar-refractivity contribution in [2.75, 3.05) is 18.6 Å². The Labute approximate surface area is 156 Å². The predicted molar refractivity (Wildman–Crippen MR) is 97.7 cm³/mol. The van der Waals surface area contributed by atoms with Gasteiger partial charge in [-0.1, -0.05) is 29.8 Å². The number of para-hydroxylation sites is 1. The molecule has 25 heavy (non-hydrogen) atoms. The summed E-state index contributed by atoms with van der Waals surface area (Å²) in [6, 6.07) is 10.4. The van der Waals surface area contributed by atoms with Crippen molar-refractivity contribution in [2.45, 2.75) is 25.9 Å². The number of nitrogens with zero attached hydrogens (tertiary/aromatic N) is 3. The summed E-state index contributed by atoms with van der Waals surface area (Å²) in [7, 11) is 1.60. The number of anilines is 2. The van der Waals surface area contributed by atoms with Gasteiger partial charge in [0.05, 0.1) is 5.69 Å². The first-order chi connectivity index (χ1) is 11.8. The Morgan fingerprint density at radius 1 is 1.20 bits per heavy atom. The summed E-state index contributed by atoms with van der Waals surface area (Å²) in [4.78, 5) is 22.1. The molecule has 0 spiro atoms. The number of aromatic nitrogens is 2. The van der Waals surface area contributed by atoms with Gasteiger partial charge in [0.1, 0.15) is 16.6 Å². The number of benzene rings is 1. The third kappa shape index (κ3) is 5.56. The van der Waals surface area contributed by atoms with E-state index in [9.17, 15) is 4.79 Å². The molecular formula is C17H19Cl2N3O3.